The second-order valence-corrected chi connectivity index (χ2v) is 6.11. The average molecular weight is 354 g/mol. The predicted octanol–water partition coefficient (Wildman–Crippen LogP) is 3.01. The Kier molecular flexibility index (Phi) is 5.41. The Labute approximate surface area is 152 Å². The molecule has 1 aliphatic rings. The monoisotopic (exact) mass is 354 g/mol. The van der Waals surface area contributed by atoms with Crippen molar-refractivity contribution in [3.8, 4) is 11.5 Å². The summed E-state index contributed by atoms with van der Waals surface area (Å²) >= 11 is 0. The van der Waals surface area contributed by atoms with E-state index < -0.39 is 0 Å². The van der Waals surface area contributed by atoms with Gasteiger partial charge in [0.2, 0.25) is 5.91 Å². The molecule has 0 aliphatic carbocycles. The fourth-order valence-electron chi connectivity index (χ4n) is 3.08. The maximum absolute atomic E-state index is 12.2. The number of para-hydroxylation sites is 2. The van der Waals surface area contributed by atoms with Gasteiger partial charge in [0.15, 0.2) is 18.1 Å². The summed E-state index contributed by atoms with van der Waals surface area (Å²) in [5.74, 6) is 0.883. The largest absolute Gasteiger partial charge is 0.493 e. The second kappa shape index (κ2) is 7.91. The van der Waals surface area contributed by atoms with Crippen molar-refractivity contribution in [2.24, 2.45) is 0 Å². The summed E-state index contributed by atoms with van der Waals surface area (Å²) in [6.07, 6.45) is 1.81. The molecule has 1 heterocycles. The molecule has 0 saturated carbocycles. The first-order valence-electron chi connectivity index (χ1n) is 8.55. The summed E-state index contributed by atoms with van der Waals surface area (Å²) in [6.45, 7) is 2.19. The molecule has 3 rings (SSSR count). The second-order valence-electron chi connectivity index (χ2n) is 6.11. The zero-order valence-electron chi connectivity index (χ0n) is 15.0. The maximum atomic E-state index is 12.2. The summed E-state index contributed by atoms with van der Waals surface area (Å²) in [5.41, 5.74) is 2.68. The van der Waals surface area contributed by atoms with Gasteiger partial charge in [-0.15, -0.1) is 0 Å². The zero-order chi connectivity index (χ0) is 18.5. The minimum absolute atomic E-state index is 0.0351. The fraction of sp³-hybridized carbons (Fsp3) is 0.300. The smallest absolute Gasteiger partial charge is 0.262 e. The normalized spacial score (nSPS) is 12.9. The molecule has 0 unspecified atom stereocenters. The van der Waals surface area contributed by atoms with E-state index >= 15 is 0 Å². The summed E-state index contributed by atoms with van der Waals surface area (Å²) in [7, 11) is 1.56. The van der Waals surface area contributed by atoms with E-state index in [1.807, 2.05) is 24.3 Å². The van der Waals surface area contributed by atoms with Crippen LogP contribution in [0.1, 0.15) is 18.9 Å². The Morgan fingerprint density at radius 3 is 2.65 bits per heavy atom. The lowest BCUT2D eigenvalue weighted by Crippen LogP contribution is -2.33. The van der Waals surface area contributed by atoms with Crippen molar-refractivity contribution < 1.29 is 19.1 Å². The van der Waals surface area contributed by atoms with E-state index in [9.17, 15) is 9.59 Å². The molecule has 1 N–H and O–H groups in total. The van der Waals surface area contributed by atoms with E-state index in [2.05, 4.69) is 5.32 Å². The standard InChI is InChI=1S/C20H22N2O4/c1-14(23)22-11-5-6-15-12-16(9-10-17(15)22)21-20(24)13-26-19-8-4-3-7-18(19)25-2/h3-4,7-10,12H,5-6,11,13H2,1-2H3,(H,21,24). The molecule has 2 aromatic carbocycles. The highest BCUT2D eigenvalue weighted by atomic mass is 16.5. The lowest BCUT2D eigenvalue weighted by molar-refractivity contribution is -0.118. The van der Waals surface area contributed by atoms with Gasteiger partial charge >= 0.3 is 0 Å². The molecule has 0 atom stereocenters. The van der Waals surface area contributed by atoms with Gasteiger partial charge in [-0.1, -0.05) is 12.1 Å². The van der Waals surface area contributed by atoms with Gasteiger partial charge in [-0.2, -0.15) is 0 Å². The molecule has 2 amide bonds. The Balaban J connectivity index is 1.64. The molecule has 26 heavy (non-hydrogen) atoms. The Hall–Kier alpha value is -3.02. The quantitative estimate of drug-likeness (QED) is 0.896. The number of methoxy groups -OCH3 is 1. The van der Waals surface area contributed by atoms with E-state index in [0.717, 1.165) is 30.6 Å². The van der Waals surface area contributed by atoms with Gasteiger partial charge in [-0.3, -0.25) is 9.59 Å². The van der Waals surface area contributed by atoms with Crippen molar-refractivity contribution >= 4 is 23.2 Å². The van der Waals surface area contributed by atoms with Crippen molar-refractivity contribution in [3.05, 3.63) is 48.0 Å². The minimum Gasteiger partial charge on any atom is -0.493 e. The fourth-order valence-corrected chi connectivity index (χ4v) is 3.08. The lowest BCUT2D eigenvalue weighted by Gasteiger charge is -2.29. The van der Waals surface area contributed by atoms with Crippen LogP contribution in [0, 0.1) is 0 Å². The molecule has 0 saturated heterocycles. The van der Waals surface area contributed by atoms with Crippen molar-refractivity contribution in [2.75, 3.05) is 30.5 Å². The molecule has 6 nitrogen and oxygen atoms in total. The van der Waals surface area contributed by atoms with Gasteiger partial charge in [-0.25, -0.2) is 0 Å². The van der Waals surface area contributed by atoms with E-state index in [1.165, 1.54) is 0 Å². The van der Waals surface area contributed by atoms with Crippen LogP contribution in [0.3, 0.4) is 0 Å². The van der Waals surface area contributed by atoms with Crippen LogP contribution in [0.25, 0.3) is 0 Å². The topological polar surface area (TPSA) is 67.9 Å². The first-order chi connectivity index (χ1) is 12.6. The van der Waals surface area contributed by atoms with Gasteiger partial charge in [0.05, 0.1) is 7.11 Å². The molecule has 2 aromatic rings. The van der Waals surface area contributed by atoms with Crippen molar-refractivity contribution in [1.82, 2.24) is 0 Å². The van der Waals surface area contributed by atoms with Crippen molar-refractivity contribution in [3.63, 3.8) is 0 Å². The summed E-state index contributed by atoms with van der Waals surface area (Å²) in [6, 6.07) is 12.8. The van der Waals surface area contributed by atoms with Crippen molar-refractivity contribution in [1.29, 1.82) is 0 Å². The first-order valence-corrected chi connectivity index (χ1v) is 8.55. The highest BCUT2D eigenvalue weighted by molar-refractivity contribution is 5.95. The van der Waals surface area contributed by atoms with Crippen LogP contribution in [0.2, 0.25) is 0 Å². The van der Waals surface area contributed by atoms with Crippen LogP contribution in [0.5, 0.6) is 11.5 Å². The van der Waals surface area contributed by atoms with Crippen LogP contribution in [-0.4, -0.2) is 32.1 Å². The van der Waals surface area contributed by atoms with E-state index in [0.29, 0.717) is 17.2 Å². The van der Waals surface area contributed by atoms with Gasteiger partial charge < -0.3 is 19.7 Å². The highest BCUT2D eigenvalue weighted by Crippen LogP contribution is 2.30. The van der Waals surface area contributed by atoms with Crippen molar-refractivity contribution in [2.45, 2.75) is 19.8 Å². The maximum Gasteiger partial charge on any atom is 0.262 e. The molecular weight excluding hydrogens is 332 g/mol. The van der Waals surface area contributed by atoms with Crippen LogP contribution >= 0.6 is 0 Å². The summed E-state index contributed by atoms with van der Waals surface area (Å²) in [4.78, 5) is 25.7. The van der Waals surface area contributed by atoms with Crippen LogP contribution in [0.4, 0.5) is 11.4 Å². The molecule has 0 fully saturated rings. The van der Waals surface area contributed by atoms with Gasteiger partial charge in [0.25, 0.3) is 5.91 Å². The number of aryl methyl sites for hydroxylation is 1. The molecule has 136 valence electrons. The van der Waals surface area contributed by atoms with E-state index in [1.54, 1.807) is 37.1 Å². The molecule has 0 aromatic heterocycles. The molecule has 0 radical (unpaired) electrons. The molecular formula is C20H22N2O4. The van der Waals surface area contributed by atoms with E-state index in [-0.39, 0.29) is 18.4 Å². The van der Waals surface area contributed by atoms with E-state index in [4.69, 9.17) is 9.47 Å². The number of nitrogens with one attached hydrogen (secondary N) is 1. The Morgan fingerprint density at radius 2 is 1.92 bits per heavy atom. The number of ether oxygens (including phenoxy) is 2. The Bertz CT molecular complexity index is 819. The summed E-state index contributed by atoms with van der Waals surface area (Å²) < 4.78 is 10.7. The average Bonchev–Trinajstić information content (AvgIpc) is 2.65. The number of nitrogens with zero attached hydrogens (tertiary/aromatic N) is 1. The number of carbonyl (C=O) groups is 2. The number of hydrogen-bond donors (Lipinski definition) is 1. The van der Waals surface area contributed by atoms with Crippen LogP contribution in [-0.2, 0) is 16.0 Å². The number of hydrogen-bond acceptors (Lipinski definition) is 4. The third-order valence-corrected chi connectivity index (χ3v) is 4.29. The third-order valence-electron chi connectivity index (χ3n) is 4.29. The lowest BCUT2D eigenvalue weighted by atomic mass is 10.0. The predicted molar refractivity (Wildman–Crippen MR) is 99.9 cm³/mol. The first kappa shape index (κ1) is 17.8. The van der Waals surface area contributed by atoms with Gasteiger partial charge in [0.1, 0.15) is 0 Å². The molecule has 0 bridgehead atoms. The van der Waals surface area contributed by atoms with Crippen LogP contribution < -0.4 is 19.7 Å². The highest BCUT2D eigenvalue weighted by Gasteiger charge is 2.20. The number of benzene rings is 2. The zero-order valence-corrected chi connectivity index (χ0v) is 15.0. The summed E-state index contributed by atoms with van der Waals surface area (Å²) in [5, 5.41) is 2.84. The van der Waals surface area contributed by atoms with Gasteiger partial charge in [0, 0.05) is 24.8 Å². The number of carbonyl (C=O) groups excluding carboxylic acids is 2. The molecule has 6 heteroatoms. The number of amides is 2. The van der Waals surface area contributed by atoms with Crippen LogP contribution in [0.15, 0.2) is 42.5 Å². The Morgan fingerprint density at radius 1 is 1.15 bits per heavy atom. The SMILES string of the molecule is COc1ccccc1OCC(=O)Nc1ccc2c(c1)CCCN2C(C)=O. The molecule has 0 spiro atoms. The minimum atomic E-state index is -0.255. The number of fused-ring (bicyclic) bond motifs is 1. The third kappa shape index (κ3) is 3.96. The van der Waals surface area contributed by atoms with Gasteiger partial charge in [-0.05, 0) is 48.7 Å². The number of rotatable bonds is 5. The number of anilines is 2. The molecule has 1 aliphatic heterocycles.